The minimum atomic E-state index is -0.428. The molecule has 2 rings (SSSR count). The summed E-state index contributed by atoms with van der Waals surface area (Å²) in [5, 5.41) is 11.1. The van der Waals surface area contributed by atoms with Crippen molar-refractivity contribution in [1.82, 2.24) is 9.78 Å². The van der Waals surface area contributed by atoms with Crippen LogP contribution in [0.2, 0.25) is 5.02 Å². The molecule has 19 heavy (non-hydrogen) atoms. The number of nitrogens with two attached hydrogens (primary N) is 1. The van der Waals surface area contributed by atoms with Gasteiger partial charge in [-0.3, -0.25) is 9.89 Å². The fourth-order valence-electron chi connectivity index (χ4n) is 1.43. The largest absolute Gasteiger partial charge is 0.374 e. The SMILES string of the molecule is Cc1[nH]n(C(N)=S)c(=O)c1N=Nc1ccc(Cl)cc1. The Labute approximate surface area is 118 Å². The van der Waals surface area contributed by atoms with Gasteiger partial charge in [0.25, 0.3) is 0 Å². The smallest absolute Gasteiger partial charge is 0.301 e. The van der Waals surface area contributed by atoms with Gasteiger partial charge in [0.15, 0.2) is 10.8 Å². The molecule has 0 fully saturated rings. The second kappa shape index (κ2) is 5.33. The molecule has 0 aliphatic rings. The lowest BCUT2D eigenvalue weighted by molar-refractivity contribution is 0.889. The molecule has 98 valence electrons. The van der Waals surface area contributed by atoms with Crippen molar-refractivity contribution < 1.29 is 0 Å². The first kappa shape index (κ1) is 13.4. The second-order valence-corrected chi connectivity index (χ2v) is 4.60. The van der Waals surface area contributed by atoms with Crippen molar-refractivity contribution in [2.45, 2.75) is 6.92 Å². The second-order valence-electron chi connectivity index (χ2n) is 3.74. The van der Waals surface area contributed by atoms with Crippen LogP contribution in [-0.4, -0.2) is 14.9 Å². The monoisotopic (exact) mass is 295 g/mol. The number of benzene rings is 1. The molecule has 1 heterocycles. The number of aromatic amines is 1. The summed E-state index contributed by atoms with van der Waals surface area (Å²) in [6, 6.07) is 6.76. The maximum absolute atomic E-state index is 11.9. The normalized spacial score (nSPS) is 11.1. The molecule has 0 aliphatic carbocycles. The molecular weight excluding hydrogens is 286 g/mol. The molecule has 0 spiro atoms. The molecule has 0 aliphatic heterocycles. The number of hydrogen-bond acceptors (Lipinski definition) is 4. The number of aryl methyl sites for hydroxylation is 1. The van der Waals surface area contributed by atoms with E-state index in [1.54, 1.807) is 31.2 Å². The highest BCUT2D eigenvalue weighted by molar-refractivity contribution is 7.80. The van der Waals surface area contributed by atoms with Crippen molar-refractivity contribution >= 4 is 40.3 Å². The van der Waals surface area contributed by atoms with Gasteiger partial charge in [0, 0.05) is 5.02 Å². The van der Waals surface area contributed by atoms with Crippen LogP contribution in [0.1, 0.15) is 5.69 Å². The van der Waals surface area contributed by atoms with E-state index in [0.717, 1.165) is 4.68 Å². The van der Waals surface area contributed by atoms with E-state index in [1.807, 2.05) is 0 Å². The van der Waals surface area contributed by atoms with Crippen molar-refractivity contribution in [3.05, 3.63) is 45.3 Å². The minimum absolute atomic E-state index is 0.0685. The van der Waals surface area contributed by atoms with Gasteiger partial charge in [0.2, 0.25) is 0 Å². The van der Waals surface area contributed by atoms with Gasteiger partial charge < -0.3 is 5.73 Å². The van der Waals surface area contributed by atoms with Crippen LogP contribution in [0.5, 0.6) is 0 Å². The highest BCUT2D eigenvalue weighted by Gasteiger charge is 2.11. The zero-order valence-corrected chi connectivity index (χ0v) is 11.5. The maximum atomic E-state index is 11.9. The summed E-state index contributed by atoms with van der Waals surface area (Å²) < 4.78 is 1.04. The summed E-state index contributed by atoms with van der Waals surface area (Å²) in [6.45, 7) is 1.69. The zero-order valence-electron chi connectivity index (χ0n) is 9.92. The van der Waals surface area contributed by atoms with E-state index in [1.165, 1.54) is 0 Å². The first-order valence-electron chi connectivity index (χ1n) is 5.28. The van der Waals surface area contributed by atoms with E-state index in [9.17, 15) is 4.79 Å². The minimum Gasteiger partial charge on any atom is -0.374 e. The molecule has 2 aromatic rings. The van der Waals surface area contributed by atoms with E-state index in [-0.39, 0.29) is 10.8 Å². The van der Waals surface area contributed by atoms with Gasteiger partial charge in [-0.2, -0.15) is 9.80 Å². The van der Waals surface area contributed by atoms with Crippen molar-refractivity contribution in [2.24, 2.45) is 16.0 Å². The molecule has 0 atom stereocenters. The molecule has 0 saturated heterocycles. The van der Waals surface area contributed by atoms with E-state index >= 15 is 0 Å². The zero-order chi connectivity index (χ0) is 14.0. The van der Waals surface area contributed by atoms with Gasteiger partial charge >= 0.3 is 5.56 Å². The fourth-order valence-corrected chi connectivity index (χ4v) is 1.68. The molecule has 1 aromatic heterocycles. The molecule has 1 aromatic carbocycles. The Balaban J connectivity index is 2.36. The van der Waals surface area contributed by atoms with Crippen LogP contribution in [0.25, 0.3) is 0 Å². The number of nitrogens with zero attached hydrogens (tertiary/aromatic N) is 3. The van der Waals surface area contributed by atoms with Gasteiger partial charge in [-0.15, -0.1) is 5.11 Å². The molecule has 0 unspecified atom stereocenters. The van der Waals surface area contributed by atoms with Crippen molar-refractivity contribution in [3.63, 3.8) is 0 Å². The first-order chi connectivity index (χ1) is 8.99. The van der Waals surface area contributed by atoms with Crippen molar-refractivity contribution in [1.29, 1.82) is 0 Å². The lowest BCUT2D eigenvalue weighted by Gasteiger charge is -1.93. The number of rotatable bonds is 2. The summed E-state index contributed by atoms with van der Waals surface area (Å²) in [6.07, 6.45) is 0. The third-order valence-electron chi connectivity index (χ3n) is 2.35. The summed E-state index contributed by atoms with van der Waals surface area (Å²) in [7, 11) is 0. The number of hydrogen-bond donors (Lipinski definition) is 2. The summed E-state index contributed by atoms with van der Waals surface area (Å²) >= 11 is 10.5. The Morgan fingerprint density at radius 3 is 2.53 bits per heavy atom. The van der Waals surface area contributed by atoms with Crippen molar-refractivity contribution in [2.75, 3.05) is 0 Å². The highest BCUT2D eigenvalue weighted by Crippen LogP contribution is 2.19. The molecule has 8 heteroatoms. The van der Waals surface area contributed by atoms with Crippen LogP contribution in [0.3, 0.4) is 0 Å². The predicted octanol–water partition coefficient (Wildman–Crippen LogP) is 2.65. The van der Waals surface area contributed by atoms with Gasteiger partial charge in [-0.1, -0.05) is 11.6 Å². The summed E-state index contributed by atoms with van der Waals surface area (Å²) in [4.78, 5) is 11.9. The molecule has 0 radical (unpaired) electrons. The lowest BCUT2D eigenvalue weighted by Crippen LogP contribution is -2.29. The summed E-state index contributed by atoms with van der Waals surface area (Å²) in [5.74, 6) is 0. The predicted molar refractivity (Wildman–Crippen MR) is 77.6 cm³/mol. The van der Waals surface area contributed by atoms with Gasteiger partial charge in [-0.05, 0) is 43.4 Å². The number of nitrogens with one attached hydrogen (secondary N) is 1. The molecular formula is C11H10ClN5OS. The van der Waals surface area contributed by atoms with Crippen LogP contribution < -0.4 is 11.3 Å². The fraction of sp³-hybridized carbons (Fsp3) is 0.0909. The Hall–Kier alpha value is -1.99. The molecule has 3 N–H and O–H groups in total. The molecule has 0 amide bonds. The Morgan fingerprint density at radius 2 is 2.00 bits per heavy atom. The third-order valence-corrected chi connectivity index (χ3v) is 2.79. The standard InChI is InChI=1S/C11H10ClN5OS/c1-6-9(10(18)17(16-6)11(13)19)15-14-8-4-2-7(12)3-5-8/h2-5,16H,1H3,(H2,13,19). The van der Waals surface area contributed by atoms with E-state index in [0.29, 0.717) is 16.4 Å². The van der Waals surface area contributed by atoms with Crippen LogP contribution in [0.4, 0.5) is 11.4 Å². The van der Waals surface area contributed by atoms with Crippen LogP contribution in [0.15, 0.2) is 39.3 Å². The maximum Gasteiger partial charge on any atom is 0.301 e. The Bertz CT molecular complexity index is 701. The van der Waals surface area contributed by atoms with E-state index in [4.69, 9.17) is 29.6 Å². The Kier molecular flexibility index (Phi) is 3.77. The Morgan fingerprint density at radius 1 is 1.37 bits per heavy atom. The number of H-pyrrole nitrogens is 1. The average Bonchev–Trinajstić information content (AvgIpc) is 2.65. The van der Waals surface area contributed by atoms with E-state index in [2.05, 4.69) is 15.3 Å². The molecule has 0 saturated carbocycles. The quantitative estimate of drug-likeness (QED) is 0.659. The topological polar surface area (TPSA) is 88.5 Å². The van der Waals surface area contributed by atoms with Crippen LogP contribution in [-0.2, 0) is 0 Å². The molecule has 6 nitrogen and oxygen atoms in total. The number of aromatic nitrogens is 2. The molecule has 0 bridgehead atoms. The highest BCUT2D eigenvalue weighted by atomic mass is 35.5. The number of thiocarbonyl (C=S) groups is 1. The number of halogens is 1. The van der Waals surface area contributed by atoms with E-state index < -0.39 is 5.56 Å². The first-order valence-corrected chi connectivity index (χ1v) is 6.06. The van der Waals surface area contributed by atoms with Gasteiger partial charge in [0.05, 0.1) is 11.4 Å². The number of azo groups is 1. The van der Waals surface area contributed by atoms with Gasteiger partial charge in [0.1, 0.15) is 0 Å². The lowest BCUT2D eigenvalue weighted by atomic mass is 10.3. The van der Waals surface area contributed by atoms with Crippen molar-refractivity contribution in [3.8, 4) is 0 Å². The van der Waals surface area contributed by atoms with Crippen LogP contribution >= 0.6 is 23.8 Å². The van der Waals surface area contributed by atoms with Gasteiger partial charge in [-0.25, -0.2) is 0 Å². The van der Waals surface area contributed by atoms with Crippen LogP contribution in [0, 0.1) is 6.92 Å². The average molecular weight is 296 g/mol. The third kappa shape index (κ3) is 2.88. The summed E-state index contributed by atoms with van der Waals surface area (Å²) in [5.41, 5.74) is 6.26.